The van der Waals surface area contributed by atoms with Crippen molar-refractivity contribution in [2.75, 3.05) is 0 Å². The van der Waals surface area contributed by atoms with Crippen LogP contribution in [0.3, 0.4) is 0 Å². The van der Waals surface area contributed by atoms with Crippen LogP contribution in [0.4, 0.5) is 0 Å². The van der Waals surface area contributed by atoms with Crippen LogP contribution in [0, 0.1) is 0 Å². The maximum absolute atomic E-state index is 2.46. The molecule has 8 aromatic rings. The highest BCUT2D eigenvalue weighted by molar-refractivity contribution is 8.00. The minimum absolute atomic E-state index is 0.421. The molecule has 1 aliphatic carbocycles. The van der Waals surface area contributed by atoms with Gasteiger partial charge in [-0.1, -0.05) is 151 Å². The fourth-order valence-electron chi connectivity index (χ4n) is 8.90. The van der Waals surface area contributed by atoms with Gasteiger partial charge in [-0.05, 0) is 106 Å². The van der Waals surface area contributed by atoms with Crippen LogP contribution in [-0.4, -0.2) is 4.57 Å². The Kier molecular flexibility index (Phi) is 6.83. The Balaban J connectivity index is 1.13. The summed E-state index contributed by atoms with van der Waals surface area (Å²) in [5.41, 5.74) is 13.9. The summed E-state index contributed by atoms with van der Waals surface area (Å²) in [4.78, 5) is 5.32. The SMILES string of the molecule is C1=CCCC(c2ccc3c(c2)Sc2ccccc2C32c3ccccc3Sc3cc(-c4ccc5c6ccccc6n(-c6ccccc6)c5c4)ccc32)=C1. The molecule has 0 fully saturated rings. The van der Waals surface area contributed by atoms with Gasteiger partial charge >= 0.3 is 0 Å². The van der Waals surface area contributed by atoms with Crippen LogP contribution in [0.2, 0.25) is 0 Å². The predicted molar refractivity (Wildman–Crippen MR) is 219 cm³/mol. The van der Waals surface area contributed by atoms with Gasteiger partial charge in [0.15, 0.2) is 0 Å². The monoisotopic (exact) mass is 699 g/mol. The zero-order chi connectivity index (χ0) is 34.2. The van der Waals surface area contributed by atoms with Gasteiger partial charge in [0.25, 0.3) is 0 Å². The summed E-state index contributed by atoms with van der Waals surface area (Å²) in [5, 5.41) is 2.55. The fraction of sp³-hybridized carbons (Fsp3) is 0.0612. The van der Waals surface area contributed by atoms with Gasteiger partial charge in [-0.25, -0.2) is 0 Å². The highest BCUT2D eigenvalue weighted by Crippen LogP contribution is 2.62. The summed E-state index contributed by atoms with van der Waals surface area (Å²) in [5.74, 6) is 0. The second kappa shape index (κ2) is 11.8. The van der Waals surface area contributed by atoms with Crippen molar-refractivity contribution in [2.24, 2.45) is 0 Å². The van der Waals surface area contributed by atoms with E-state index in [1.54, 1.807) is 0 Å². The van der Waals surface area contributed by atoms with E-state index in [0.717, 1.165) is 12.8 Å². The van der Waals surface area contributed by atoms with E-state index in [2.05, 4.69) is 181 Å². The molecule has 1 atom stereocenters. The second-order valence-electron chi connectivity index (χ2n) is 13.9. The quantitative estimate of drug-likeness (QED) is 0.181. The molecule has 1 spiro atoms. The molecule has 2 aliphatic heterocycles. The molecule has 0 saturated heterocycles. The highest BCUT2D eigenvalue weighted by atomic mass is 32.2. The molecule has 52 heavy (non-hydrogen) atoms. The Labute approximate surface area is 312 Å². The first-order valence-electron chi connectivity index (χ1n) is 18.1. The molecular weight excluding hydrogens is 667 g/mol. The standard InChI is InChI=1S/C49H33NS2/c1-3-13-32(14-4-1)34-24-27-41-47(30-34)51-45-21-11-8-18-39(45)49(41)40-19-9-12-22-46(40)52-48-31-35(25-28-42(48)49)33-23-26-38-37-17-7-10-20-43(37)50(44(38)29-33)36-15-5-2-6-16-36/h1-3,5-13,15-31H,4,14H2. The van der Waals surface area contributed by atoms with Crippen molar-refractivity contribution in [3.63, 3.8) is 0 Å². The molecule has 1 nitrogen and oxygen atoms in total. The summed E-state index contributed by atoms with van der Waals surface area (Å²) in [6.07, 6.45) is 8.96. The highest BCUT2D eigenvalue weighted by Gasteiger charge is 2.48. The molecule has 0 bridgehead atoms. The van der Waals surface area contributed by atoms with Crippen molar-refractivity contribution < 1.29 is 0 Å². The van der Waals surface area contributed by atoms with Crippen molar-refractivity contribution in [2.45, 2.75) is 37.8 Å². The average molecular weight is 700 g/mol. The van der Waals surface area contributed by atoms with E-state index in [0.29, 0.717) is 0 Å². The number of nitrogens with zero attached hydrogens (tertiary/aromatic N) is 1. The zero-order valence-corrected chi connectivity index (χ0v) is 30.1. The maximum atomic E-state index is 2.46. The van der Waals surface area contributed by atoms with E-state index in [9.17, 15) is 0 Å². The van der Waals surface area contributed by atoms with Gasteiger partial charge in [0.1, 0.15) is 0 Å². The molecular formula is C49H33NS2. The Hall–Kier alpha value is -5.48. The number of fused-ring (bicyclic) bond motifs is 11. The number of para-hydroxylation sites is 2. The lowest BCUT2D eigenvalue weighted by molar-refractivity contribution is 0.667. The van der Waals surface area contributed by atoms with Crippen LogP contribution in [0.5, 0.6) is 0 Å². The lowest BCUT2D eigenvalue weighted by Gasteiger charge is -2.45. The summed E-state index contributed by atoms with van der Waals surface area (Å²) >= 11 is 3.84. The van der Waals surface area contributed by atoms with Gasteiger partial charge in [-0.2, -0.15) is 0 Å². The van der Waals surface area contributed by atoms with Crippen molar-refractivity contribution in [3.05, 3.63) is 204 Å². The molecule has 0 radical (unpaired) electrons. The number of benzene rings is 7. The Morgan fingerprint density at radius 1 is 0.462 bits per heavy atom. The van der Waals surface area contributed by atoms with E-state index < -0.39 is 5.41 Å². The number of aromatic nitrogens is 1. The molecule has 3 heteroatoms. The normalized spacial score (nSPS) is 17.0. The van der Waals surface area contributed by atoms with E-state index in [4.69, 9.17) is 0 Å². The smallest absolute Gasteiger partial charge is 0.0745 e. The lowest BCUT2D eigenvalue weighted by atomic mass is 9.64. The minimum Gasteiger partial charge on any atom is -0.309 e. The van der Waals surface area contributed by atoms with Gasteiger partial charge < -0.3 is 4.57 Å². The van der Waals surface area contributed by atoms with Crippen molar-refractivity contribution >= 4 is 50.9 Å². The first-order valence-corrected chi connectivity index (χ1v) is 19.7. The first kappa shape index (κ1) is 30.2. The molecule has 7 aromatic carbocycles. The van der Waals surface area contributed by atoms with Gasteiger partial charge in [0, 0.05) is 36.0 Å². The third-order valence-corrected chi connectivity index (χ3v) is 13.5. The first-order chi connectivity index (χ1) is 25.8. The topological polar surface area (TPSA) is 4.93 Å². The van der Waals surface area contributed by atoms with Crippen LogP contribution >= 0.6 is 23.5 Å². The Morgan fingerprint density at radius 2 is 1.04 bits per heavy atom. The Bertz CT molecular complexity index is 2790. The van der Waals surface area contributed by atoms with Crippen LogP contribution in [0.15, 0.2) is 196 Å². The molecule has 0 amide bonds. The molecule has 3 aliphatic rings. The molecule has 1 aromatic heterocycles. The van der Waals surface area contributed by atoms with Crippen LogP contribution in [-0.2, 0) is 5.41 Å². The average Bonchev–Trinajstić information content (AvgIpc) is 3.54. The third-order valence-electron chi connectivity index (χ3n) is 11.2. The molecule has 246 valence electrons. The summed E-state index contributed by atoms with van der Waals surface area (Å²) in [6, 6.07) is 59.3. The number of hydrogen-bond acceptors (Lipinski definition) is 2. The van der Waals surface area contributed by atoms with Crippen LogP contribution in [0.1, 0.15) is 40.7 Å². The molecule has 11 rings (SSSR count). The summed E-state index contributed by atoms with van der Waals surface area (Å²) in [7, 11) is 0. The number of hydrogen-bond donors (Lipinski definition) is 0. The second-order valence-corrected chi connectivity index (χ2v) is 16.1. The van der Waals surface area contributed by atoms with Crippen molar-refractivity contribution in [1.29, 1.82) is 0 Å². The molecule has 0 N–H and O–H groups in total. The zero-order valence-electron chi connectivity index (χ0n) is 28.4. The maximum Gasteiger partial charge on any atom is 0.0745 e. The molecule has 0 saturated carbocycles. The van der Waals surface area contributed by atoms with Gasteiger partial charge in [-0.15, -0.1) is 0 Å². The van der Waals surface area contributed by atoms with E-state index in [1.807, 2.05) is 23.5 Å². The largest absolute Gasteiger partial charge is 0.309 e. The van der Waals surface area contributed by atoms with E-state index in [-0.39, 0.29) is 0 Å². The van der Waals surface area contributed by atoms with Gasteiger partial charge in [0.05, 0.1) is 16.4 Å². The number of rotatable bonds is 3. The van der Waals surface area contributed by atoms with Crippen molar-refractivity contribution in [3.8, 4) is 16.8 Å². The fourth-order valence-corrected chi connectivity index (χ4v) is 11.4. The molecule has 1 unspecified atom stereocenters. The molecule has 3 heterocycles. The van der Waals surface area contributed by atoms with E-state index >= 15 is 0 Å². The lowest BCUT2D eigenvalue weighted by Crippen LogP contribution is -2.36. The Morgan fingerprint density at radius 3 is 1.77 bits per heavy atom. The van der Waals surface area contributed by atoms with Crippen LogP contribution < -0.4 is 0 Å². The minimum atomic E-state index is -0.421. The van der Waals surface area contributed by atoms with E-state index in [1.165, 1.54) is 91.6 Å². The van der Waals surface area contributed by atoms with Gasteiger partial charge in [-0.3, -0.25) is 0 Å². The van der Waals surface area contributed by atoms with Gasteiger partial charge in [0.2, 0.25) is 0 Å². The summed E-state index contributed by atoms with van der Waals surface area (Å²) in [6.45, 7) is 0. The van der Waals surface area contributed by atoms with Crippen LogP contribution in [0.25, 0.3) is 44.2 Å². The van der Waals surface area contributed by atoms with Crippen molar-refractivity contribution in [1.82, 2.24) is 4.57 Å². The number of allylic oxidation sites excluding steroid dienone is 4. The summed E-state index contributed by atoms with van der Waals surface area (Å²) < 4.78 is 2.41. The predicted octanol–water partition coefficient (Wildman–Crippen LogP) is 13.5. The third kappa shape index (κ3) is 4.39.